The van der Waals surface area contributed by atoms with Crippen LogP contribution in [0.3, 0.4) is 0 Å². The van der Waals surface area contributed by atoms with E-state index in [1.54, 1.807) is 25.7 Å². The summed E-state index contributed by atoms with van der Waals surface area (Å²) in [6.07, 6.45) is 1.38. The van der Waals surface area contributed by atoms with Crippen molar-refractivity contribution in [1.82, 2.24) is 10.1 Å². The van der Waals surface area contributed by atoms with Crippen molar-refractivity contribution < 1.29 is 24.0 Å². The van der Waals surface area contributed by atoms with Gasteiger partial charge in [-0.05, 0) is 27.2 Å². The third-order valence-electron chi connectivity index (χ3n) is 3.05. The molecule has 0 saturated carbocycles. The number of carbonyl (C=O) groups excluding carboxylic acids is 1. The minimum absolute atomic E-state index is 0.0565. The third-order valence-corrected chi connectivity index (χ3v) is 3.05. The van der Waals surface area contributed by atoms with E-state index in [1.165, 1.54) is 0 Å². The summed E-state index contributed by atoms with van der Waals surface area (Å²) in [6, 6.07) is 0. The number of rotatable bonds is 2. The molecule has 0 aromatic carbocycles. The van der Waals surface area contributed by atoms with Crippen molar-refractivity contribution in [2.45, 2.75) is 38.7 Å². The molecule has 1 aromatic heterocycles. The van der Waals surface area contributed by atoms with Gasteiger partial charge in [0.15, 0.2) is 0 Å². The van der Waals surface area contributed by atoms with E-state index in [0.717, 1.165) is 6.26 Å². The van der Waals surface area contributed by atoms with Gasteiger partial charge in [-0.15, -0.1) is 0 Å². The van der Waals surface area contributed by atoms with E-state index >= 15 is 0 Å². The molecule has 0 radical (unpaired) electrons. The van der Waals surface area contributed by atoms with Gasteiger partial charge in [0.05, 0.1) is 0 Å². The van der Waals surface area contributed by atoms with Crippen LogP contribution in [0.25, 0.3) is 0 Å². The highest BCUT2D eigenvalue weighted by Crippen LogP contribution is 2.29. The minimum atomic E-state index is -1.07. The largest absolute Gasteiger partial charge is 0.478 e. The van der Waals surface area contributed by atoms with Gasteiger partial charge in [-0.2, -0.15) is 0 Å². The lowest BCUT2D eigenvalue weighted by atomic mass is 10.0. The van der Waals surface area contributed by atoms with Gasteiger partial charge in [-0.1, -0.05) is 5.16 Å². The van der Waals surface area contributed by atoms with Gasteiger partial charge in [-0.3, -0.25) is 0 Å². The Morgan fingerprint density at radius 1 is 1.50 bits per heavy atom. The number of aromatic nitrogens is 1. The van der Waals surface area contributed by atoms with Crippen molar-refractivity contribution in [3.8, 4) is 0 Å². The van der Waals surface area contributed by atoms with Crippen molar-refractivity contribution in [2.75, 3.05) is 13.1 Å². The maximum absolute atomic E-state index is 11.9. The van der Waals surface area contributed by atoms with Crippen LogP contribution in [0.4, 0.5) is 4.79 Å². The highest BCUT2D eigenvalue weighted by Gasteiger charge is 2.34. The second-order valence-electron chi connectivity index (χ2n) is 5.83. The van der Waals surface area contributed by atoms with Crippen LogP contribution in [0, 0.1) is 0 Å². The molecule has 1 aromatic rings. The fraction of sp³-hybridized carbons (Fsp3) is 0.615. The number of ether oxygens (including phenoxy) is 1. The molecule has 20 heavy (non-hydrogen) atoms. The summed E-state index contributed by atoms with van der Waals surface area (Å²) in [7, 11) is 0. The predicted octanol–water partition coefficient (Wildman–Crippen LogP) is 2.10. The Morgan fingerprint density at radius 3 is 2.80 bits per heavy atom. The molecule has 7 heteroatoms. The second kappa shape index (κ2) is 5.15. The van der Waals surface area contributed by atoms with E-state index in [-0.39, 0.29) is 17.6 Å². The van der Waals surface area contributed by atoms with E-state index < -0.39 is 11.6 Å². The molecule has 7 nitrogen and oxygen atoms in total. The van der Waals surface area contributed by atoms with E-state index in [9.17, 15) is 9.59 Å². The zero-order valence-corrected chi connectivity index (χ0v) is 11.8. The Labute approximate surface area is 116 Å². The smallest absolute Gasteiger partial charge is 0.410 e. The number of amides is 1. The first-order chi connectivity index (χ1) is 9.28. The number of hydrogen-bond donors (Lipinski definition) is 1. The summed E-state index contributed by atoms with van der Waals surface area (Å²) in [5.74, 6) is -1.20. The Balaban J connectivity index is 2.04. The fourth-order valence-electron chi connectivity index (χ4n) is 2.18. The van der Waals surface area contributed by atoms with Gasteiger partial charge < -0.3 is 19.3 Å². The number of aromatic carboxylic acids is 1. The van der Waals surface area contributed by atoms with E-state index in [0.29, 0.717) is 25.2 Å². The highest BCUT2D eigenvalue weighted by atomic mass is 16.6. The summed E-state index contributed by atoms with van der Waals surface area (Å²) >= 11 is 0. The van der Waals surface area contributed by atoms with Crippen molar-refractivity contribution in [3.63, 3.8) is 0 Å². The molecule has 2 rings (SSSR count). The molecule has 1 saturated heterocycles. The Morgan fingerprint density at radius 2 is 2.20 bits per heavy atom. The van der Waals surface area contributed by atoms with Gasteiger partial charge in [0.2, 0.25) is 0 Å². The van der Waals surface area contributed by atoms with Crippen LogP contribution in [0.5, 0.6) is 0 Å². The highest BCUT2D eigenvalue weighted by molar-refractivity contribution is 5.88. The predicted molar refractivity (Wildman–Crippen MR) is 68.6 cm³/mol. The van der Waals surface area contributed by atoms with Gasteiger partial charge in [0.1, 0.15) is 23.1 Å². The number of carboxylic acid groups (broad SMARTS) is 1. The number of hydrogen-bond acceptors (Lipinski definition) is 5. The summed E-state index contributed by atoms with van der Waals surface area (Å²) in [6.45, 7) is 6.32. The van der Waals surface area contributed by atoms with Gasteiger partial charge in [-0.25, -0.2) is 9.59 Å². The van der Waals surface area contributed by atoms with E-state index in [1.807, 2.05) is 0 Å². The summed E-state index contributed by atoms with van der Waals surface area (Å²) < 4.78 is 10.0. The standard InChI is InChI=1S/C13H18N2O5/c1-13(2,3)20-12(18)15-5-4-8(6-15)10-9(11(16)17)7-19-14-10/h7-8H,4-6H2,1-3H3,(H,16,17). The maximum atomic E-state index is 11.9. The van der Waals surface area contributed by atoms with E-state index in [4.69, 9.17) is 14.4 Å². The summed E-state index contributed by atoms with van der Waals surface area (Å²) in [4.78, 5) is 24.5. The number of likely N-dealkylation sites (tertiary alicyclic amines) is 1. The van der Waals surface area contributed by atoms with Crippen LogP contribution in [-0.2, 0) is 4.74 Å². The van der Waals surface area contributed by atoms with Crippen LogP contribution < -0.4 is 0 Å². The zero-order valence-electron chi connectivity index (χ0n) is 11.8. The van der Waals surface area contributed by atoms with Crippen LogP contribution in [0.15, 0.2) is 10.8 Å². The maximum Gasteiger partial charge on any atom is 0.410 e. The van der Waals surface area contributed by atoms with Crippen molar-refractivity contribution in [3.05, 3.63) is 17.5 Å². The molecular weight excluding hydrogens is 264 g/mol. The average Bonchev–Trinajstić information content (AvgIpc) is 2.95. The molecule has 0 spiro atoms. The molecule has 1 atom stereocenters. The first kappa shape index (κ1) is 14.4. The van der Waals surface area contributed by atoms with Crippen LogP contribution in [0.2, 0.25) is 0 Å². The topological polar surface area (TPSA) is 92.9 Å². The molecule has 1 amide bonds. The van der Waals surface area contributed by atoms with Crippen LogP contribution >= 0.6 is 0 Å². The average molecular weight is 282 g/mol. The quantitative estimate of drug-likeness (QED) is 0.892. The Kier molecular flexibility index (Phi) is 3.69. The number of carboxylic acids is 1. The summed E-state index contributed by atoms with van der Waals surface area (Å²) in [5.41, 5.74) is -0.0976. The monoisotopic (exact) mass is 282 g/mol. The molecule has 110 valence electrons. The van der Waals surface area contributed by atoms with E-state index in [2.05, 4.69) is 5.16 Å². The Hall–Kier alpha value is -2.05. The van der Waals surface area contributed by atoms with Gasteiger partial charge in [0, 0.05) is 19.0 Å². The fourth-order valence-corrected chi connectivity index (χ4v) is 2.18. The lowest BCUT2D eigenvalue weighted by Crippen LogP contribution is -2.35. The molecular formula is C13H18N2O5. The van der Waals surface area contributed by atoms with Crippen molar-refractivity contribution in [2.24, 2.45) is 0 Å². The molecule has 0 aliphatic carbocycles. The van der Waals surface area contributed by atoms with Gasteiger partial charge >= 0.3 is 12.1 Å². The second-order valence-corrected chi connectivity index (χ2v) is 5.83. The molecule has 2 heterocycles. The van der Waals surface area contributed by atoms with Crippen molar-refractivity contribution in [1.29, 1.82) is 0 Å². The normalized spacial score (nSPS) is 19.1. The van der Waals surface area contributed by atoms with Crippen molar-refractivity contribution >= 4 is 12.1 Å². The van der Waals surface area contributed by atoms with Gasteiger partial charge in [0.25, 0.3) is 0 Å². The molecule has 1 unspecified atom stereocenters. The lowest BCUT2D eigenvalue weighted by molar-refractivity contribution is 0.0292. The zero-order chi connectivity index (χ0) is 14.9. The third kappa shape index (κ3) is 3.09. The molecule has 1 fully saturated rings. The molecule has 1 aliphatic heterocycles. The minimum Gasteiger partial charge on any atom is -0.478 e. The SMILES string of the molecule is CC(C)(C)OC(=O)N1CCC(c2nocc2C(=O)O)C1. The number of carbonyl (C=O) groups is 2. The lowest BCUT2D eigenvalue weighted by Gasteiger charge is -2.24. The van der Waals surface area contributed by atoms with Crippen LogP contribution in [0.1, 0.15) is 49.2 Å². The molecule has 1 aliphatic rings. The summed E-state index contributed by atoms with van der Waals surface area (Å²) in [5, 5.41) is 12.8. The number of nitrogens with zero attached hydrogens (tertiary/aromatic N) is 2. The Bertz CT molecular complexity index is 517. The first-order valence-electron chi connectivity index (χ1n) is 6.43. The molecule has 0 bridgehead atoms. The molecule has 1 N–H and O–H groups in total. The van der Waals surface area contributed by atoms with Crippen LogP contribution in [-0.4, -0.2) is 45.9 Å². The first-order valence-corrected chi connectivity index (χ1v) is 6.43.